The Kier molecular flexibility index (Phi) is 3.24. The predicted molar refractivity (Wildman–Crippen MR) is 65.7 cm³/mol. The third-order valence-corrected chi connectivity index (χ3v) is 2.61. The monoisotopic (exact) mass is 233 g/mol. The van der Waals surface area contributed by atoms with Gasteiger partial charge in [0.25, 0.3) is 0 Å². The molecule has 2 rings (SSSR count). The average molecular weight is 233 g/mol. The van der Waals surface area contributed by atoms with Gasteiger partial charge in [-0.2, -0.15) is 0 Å². The summed E-state index contributed by atoms with van der Waals surface area (Å²) in [5.41, 5.74) is 1.46. The molecule has 0 saturated carbocycles. The van der Waals surface area contributed by atoms with Crippen LogP contribution in [-0.4, -0.2) is 28.5 Å². The molecule has 1 aromatic heterocycles. The molecule has 1 heterocycles. The van der Waals surface area contributed by atoms with Crippen molar-refractivity contribution in [2.75, 3.05) is 14.1 Å². The average Bonchev–Trinajstić information content (AvgIpc) is 2.69. The van der Waals surface area contributed by atoms with Gasteiger partial charge in [0.15, 0.2) is 0 Å². The largest absolute Gasteiger partial charge is 0.303 e. The van der Waals surface area contributed by atoms with Crippen LogP contribution in [0, 0.1) is 12.7 Å². The van der Waals surface area contributed by atoms with Crippen molar-refractivity contribution < 1.29 is 4.39 Å². The lowest BCUT2D eigenvalue weighted by atomic mass is 10.2. The van der Waals surface area contributed by atoms with E-state index in [-0.39, 0.29) is 5.82 Å². The number of aromatic nitrogens is 2. The second kappa shape index (κ2) is 4.67. The van der Waals surface area contributed by atoms with Crippen molar-refractivity contribution >= 4 is 0 Å². The van der Waals surface area contributed by atoms with Gasteiger partial charge >= 0.3 is 0 Å². The Bertz CT molecular complexity index is 517. The van der Waals surface area contributed by atoms with Crippen LogP contribution in [0.15, 0.2) is 30.6 Å². The number of hydrogen-bond donors (Lipinski definition) is 0. The normalized spacial score (nSPS) is 11.1. The van der Waals surface area contributed by atoms with Gasteiger partial charge in [-0.15, -0.1) is 0 Å². The summed E-state index contributed by atoms with van der Waals surface area (Å²) in [4.78, 5) is 6.31. The highest BCUT2D eigenvalue weighted by atomic mass is 19.1. The van der Waals surface area contributed by atoms with E-state index in [1.165, 1.54) is 6.07 Å². The quantitative estimate of drug-likeness (QED) is 0.811. The predicted octanol–water partition coefficient (Wildman–Crippen LogP) is 2.38. The number of imidazole rings is 1. The molecule has 0 radical (unpaired) electrons. The Morgan fingerprint density at radius 2 is 2.12 bits per heavy atom. The molecule has 0 bridgehead atoms. The molecule has 0 aliphatic heterocycles. The maximum Gasteiger partial charge on any atom is 0.128 e. The van der Waals surface area contributed by atoms with E-state index < -0.39 is 0 Å². The first-order chi connectivity index (χ1) is 8.08. The smallest absolute Gasteiger partial charge is 0.128 e. The minimum Gasteiger partial charge on any atom is -0.303 e. The van der Waals surface area contributed by atoms with Gasteiger partial charge in [-0.05, 0) is 38.7 Å². The van der Waals surface area contributed by atoms with Crippen molar-refractivity contribution in [3.63, 3.8) is 0 Å². The molecule has 0 atom stereocenters. The van der Waals surface area contributed by atoms with Gasteiger partial charge in [0.1, 0.15) is 11.6 Å². The van der Waals surface area contributed by atoms with Crippen molar-refractivity contribution in [2.45, 2.75) is 13.5 Å². The van der Waals surface area contributed by atoms with Crippen LogP contribution in [-0.2, 0) is 6.54 Å². The van der Waals surface area contributed by atoms with E-state index in [0.717, 1.165) is 18.1 Å². The van der Waals surface area contributed by atoms with E-state index in [1.807, 2.05) is 35.8 Å². The second-order valence-electron chi connectivity index (χ2n) is 4.38. The van der Waals surface area contributed by atoms with E-state index in [1.54, 1.807) is 19.2 Å². The van der Waals surface area contributed by atoms with Crippen molar-refractivity contribution in [1.82, 2.24) is 14.5 Å². The Morgan fingerprint density at radius 1 is 1.35 bits per heavy atom. The second-order valence-corrected chi connectivity index (χ2v) is 4.38. The zero-order valence-corrected chi connectivity index (χ0v) is 10.3. The van der Waals surface area contributed by atoms with Gasteiger partial charge in [-0.3, -0.25) is 0 Å². The van der Waals surface area contributed by atoms with Gasteiger partial charge < -0.3 is 9.47 Å². The number of nitrogens with zero attached hydrogens (tertiary/aromatic N) is 3. The molecule has 0 aliphatic rings. The molecule has 3 nitrogen and oxygen atoms in total. The number of hydrogen-bond acceptors (Lipinski definition) is 2. The van der Waals surface area contributed by atoms with Crippen molar-refractivity contribution in [1.29, 1.82) is 0 Å². The molecule has 0 saturated heterocycles. The van der Waals surface area contributed by atoms with Crippen LogP contribution in [0.25, 0.3) is 5.69 Å². The van der Waals surface area contributed by atoms with Crippen LogP contribution < -0.4 is 0 Å². The van der Waals surface area contributed by atoms with E-state index in [0.29, 0.717) is 5.56 Å². The van der Waals surface area contributed by atoms with Gasteiger partial charge in [0.05, 0.1) is 6.54 Å². The Balaban J connectivity index is 2.39. The van der Waals surface area contributed by atoms with Gasteiger partial charge in [0, 0.05) is 18.1 Å². The molecule has 90 valence electrons. The van der Waals surface area contributed by atoms with Crippen LogP contribution in [0.3, 0.4) is 0 Å². The summed E-state index contributed by atoms with van der Waals surface area (Å²) in [6.07, 6.45) is 3.58. The molecule has 0 amide bonds. The lowest BCUT2D eigenvalue weighted by Crippen LogP contribution is -2.14. The summed E-state index contributed by atoms with van der Waals surface area (Å²) in [6, 6.07) is 5.22. The standard InChI is InChI=1S/C13H16FN3/c1-10-4-5-11(8-12(10)14)17-7-6-15-13(17)9-16(2)3/h4-8H,9H2,1-3H3. The fourth-order valence-electron chi connectivity index (χ4n) is 1.70. The summed E-state index contributed by atoms with van der Waals surface area (Å²) < 4.78 is 15.4. The Labute approximate surface area is 101 Å². The number of benzene rings is 1. The molecule has 17 heavy (non-hydrogen) atoms. The number of aryl methyl sites for hydroxylation is 1. The third kappa shape index (κ3) is 2.53. The van der Waals surface area contributed by atoms with Crippen molar-refractivity contribution in [2.24, 2.45) is 0 Å². The number of halogens is 1. The van der Waals surface area contributed by atoms with Crippen LogP contribution in [0.5, 0.6) is 0 Å². The Morgan fingerprint density at radius 3 is 2.76 bits per heavy atom. The molecule has 0 fully saturated rings. The van der Waals surface area contributed by atoms with E-state index in [4.69, 9.17) is 0 Å². The highest BCUT2D eigenvalue weighted by Crippen LogP contribution is 2.15. The molecule has 0 unspecified atom stereocenters. The molecule has 0 aliphatic carbocycles. The van der Waals surface area contributed by atoms with Crippen molar-refractivity contribution in [3.05, 3.63) is 47.8 Å². The van der Waals surface area contributed by atoms with Gasteiger partial charge in [0.2, 0.25) is 0 Å². The zero-order chi connectivity index (χ0) is 12.4. The fraction of sp³-hybridized carbons (Fsp3) is 0.308. The molecule has 4 heteroatoms. The molecule has 1 aromatic carbocycles. The highest BCUT2D eigenvalue weighted by Gasteiger charge is 2.07. The lowest BCUT2D eigenvalue weighted by molar-refractivity contribution is 0.388. The maximum absolute atomic E-state index is 13.5. The first-order valence-corrected chi connectivity index (χ1v) is 5.51. The summed E-state index contributed by atoms with van der Waals surface area (Å²) in [6.45, 7) is 2.48. The number of rotatable bonds is 3. The fourth-order valence-corrected chi connectivity index (χ4v) is 1.70. The summed E-state index contributed by atoms with van der Waals surface area (Å²) in [5, 5.41) is 0. The topological polar surface area (TPSA) is 21.1 Å². The highest BCUT2D eigenvalue weighted by molar-refractivity contribution is 5.36. The third-order valence-electron chi connectivity index (χ3n) is 2.61. The van der Waals surface area contributed by atoms with Crippen LogP contribution in [0.4, 0.5) is 4.39 Å². The lowest BCUT2D eigenvalue weighted by Gasteiger charge is -2.12. The molecule has 2 aromatic rings. The summed E-state index contributed by atoms with van der Waals surface area (Å²) in [5.74, 6) is 0.713. The van der Waals surface area contributed by atoms with Crippen LogP contribution >= 0.6 is 0 Å². The summed E-state index contributed by atoms with van der Waals surface area (Å²) in [7, 11) is 3.96. The van der Waals surface area contributed by atoms with E-state index >= 15 is 0 Å². The van der Waals surface area contributed by atoms with Gasteiger partial charge in [-0.25, -0.2) is 9.37 Å². The molecule has 0 N–H and O–H groups in total. The van der Waals surface area contributed by atoms with Crippen LogP contribution in [0.1, 0.15) is 11.4 Å². The molecule has 0 spiro atoms. The minimum atomic E-state index is -0.188. The maximum atomic E-state index is 13.5. The summed E-state index contributed by atoms with van der Waals surface area (Å²) >= 11 is 0. The van der Waals surface area contributed by atoms with Crippen LogP contribution in [0.2, 0.25) is 0 Å². The molecular formula is C13H16FN3. The van der Waals surface area contributed by atoms with E-state index in [9.17, 15) is 4.39 Å². The first-order valence-electron chi connectivity index (χ1n) is 5.51. The molecular weight excluding hydrogens is 217 g/mol. The van der Waals surface area contributed by atoms with E-state index in [2.05, 4.69) is 4.98 Å². The minimum absolute atomic E-state index is 0.188. The van der Waals surface area contributed by atoms with Gasteiger partial charge in [-0.1, -0.05) is 6.07 Å². The van der Waals surface area contributed by atoms with Crippen molar-refractivity contribution in [3.8, 4) is 5.69 Å². The first kappa shape index (κ1) is 11.8. The zero-order valence-electron chi connectivity index (χ0n) is 10.3. The Hall–Kier alpha value is -1.68. The SMILES string of the molecule is Cc1ccc(-n2ccnc2CN(C)C)cc1F.